The summed E-state index contributed by atoms with van der Waals surface area (Å²) < 4.78 is 32.4. The Bertz CT molecular complexity index is 3480. The fraction of sp³-hybridized carbons (Fsp3) is 0.651. The predicted molar refractivity (Wildman–Crippen MR) is 338 cm³/mol. The van der Waals surface area contributed by atoms with Crippen LogP contribution in [0.5, 0.6) is 0 Å². The summed E-state index contributed by atoms with van der Waals surface area (Å²) >= 11 is 0. The van der Waals surface area contributed by atoms with Crippen molar-refractivity contribution in [2.45, 2.75) is 202 Å². The topological polar surface area (TPSA) is 486 Å². The van der Waals surface area contributed by atoms with E-state index in [1.165, 1.54) is 18.8 Å². The normalized spacial score (nSPS) is 33.9. The zero-order valence-electron chi connectivity index (χ0n) is 54.7. The van der Waals surface area contributed by atoms with Gasteiger partial charge in [-0.25, -0.2) is 9.55 Å². The zero-order chi connectivity index (χ0) is 68.7. The molecule has 2 unspecified atom stereocenters. The second-order valence-electron chi connectivity index (χ2n) is 27.4. The van der Waals surface area contributed by atoms with Crippen molar-refractivity contribution in [1.29, 1.82) is 5.26 Å². The van der Waals surface area contributed by atoms with Crippen LogP contribution in [0.25, 0.3) is 5.32 Å². The fourth-order valence-electron chi connectivity index (χ4n) is 15.6. The summed E-state index contributed by atoms with van der Waals surface area (Å²) in [4.78, 5) is 125. The monoisotopic (exact) mass is 1360 g/mol. The van der Waals surface area contributed by atoms with Gasteiger partial charge in [-0.15, -0.1) is 0 Å². The molecule has 510 valence electrons. The predicted octanol–water partition coefficient (Wildman–Crippen LogP) is 3.71. The van der Waals surface area contributed by atoms with Gasteiger partial charge in [-0.3, -0.25) is 57.6 Å². The van der Waals surface area contributed by atoms with Gasteiger partial charge in [0.1, 0.15) is 18.3 Å². The molecule has 8 rings (SSSR count). The van der Waals surface area contributed by atoms with Gasteiger partial charge < -0.3 is 81.3 Å². The molecule has 7 aliphatic rings. The number of primary amides is 6. The first-order valence-corrected chi connectivity index (χ1v) is 32.5. The van der Waals surface area contributed by atoms with E-state index in [1.807, 2.05) is 68.4 Å². The maximum absolute atomic E-state index is 14.4. The first-order chi connectivity index (χ1) is 42.8. The molecule has 1 aliphatic carbocycles. The molecule has 6 aliphatic heterocycles. The van der Waals surface area contributed by atoms with Gasteiger partial charge in [0.15, 0.2) is 6.23 Å². The minimum atomic E-state index is -5.06. The summed E-state index contributed by atoms with van der Waals surface area (Å²) in [5, 5.41) is 36.5. The Morgan fingerprint density at radius 2 is 1.39 bits per heavy atom. The molecule has 1 aromatic heterocycles. The Hall–Kier alpha value is -6.74. The first-order valence-electron chi connectivity index (χ1n) is 31.0. The smallest absolute Gasteiger partial charge is 0.680 e. The molecule has 0 spiro atoms. The van der Waals surface area contributed by atoms with E-state index in [0.717, 1.165) is 17.0 Å². The number of aliphatic hydroxyl groups is 2. The van der Waals surface area contributed by atoms with Crippen LogP contribution >= 0.6 is 7.82 Å². The van der Waals surface area contributed by atoms with E-state index in [9.17, 15) is 53.2 Å². The van der Waals surface area contributed by atoms with Crippen molar-refractivity contribution in [3.8, 4) is 0 Å². The fourth-order valence-corrected chi connectivity index (χ4v) is 16.8. The number of rotatable bonds is 26. The quantitative estimate of drug-likeness (QED) is 0.0359. The third kappa shape index (κ3) is 14.7. The number of fused-ring (bicyclic) bond motifs is 7. The molecule has 7 heterocycles. The second-order valence-corrected chi connectivity index (χ2v) is 28.8. The van der Waals surface area contributed by atoms with Crippen molar-refractivity contribution < 1.29 is 83.8 Å². The average molecular weight is 1360 g/mol. The van der Waals surface area contributed by atoms with E-state index in [0.29, 0.717) is 58.2 Å². The molecule has 30 heteroatoms. The number of aliphatic imine (C=N–C) groups is 3. The van der Waals surface area contributed by atoms with Crippen LogP contribution in [0.4, 0.5) is 0 Å². The Morgan fingerprint density at radius 3 is 1.96 bits per heavy atom. The molecule has 93 heavy (non-hydrogen) atoms. The summed E-state index contributed by atoms with van der Waals surface area (Å²) in [7, 11) is -5.06. The van der Waals surface area contributed by atoms with Crippen LogP contribution in [-0.2, 0) is 81.5 Å². The van der Waals surface area contributed by atoms with Crippen LogP contribution in [-0.4, -0.2) is 132 Å². The number of ether oxygens (including phenoxy) is 1. The zero-order valence-corrected chi connectivity index (χ0v) is 56.7. The number of carbonyl (C=O) groups is 7. The molecule has 16 N–H and O–H groups in total. The number of nitrogens with two attached hydrogens (primary N) is 6. The van der Waals surface area contributed by atoms with Crippen LogP contribution in [0, 0.1) is 57.2 Å². The Morgan fingerprint density at radius 1 is 0.806 bits per heavy atom. The summed E-state index contributed by atoms with van der Waals surface area (Å²) in [5.41, 5.74) is 37.6. The molecule has 0 radical (unpaired) electrons. The van der Waals surface area contributed by atoms with Crippen LogP contribution in [0.3, 0.4) is 0 Å². The van der Waals surface area contributed by atoms with Crippen LogP contribution < -0.4 is 39.7 Å². The molecule has 15 atom stereocenters. The number of carbonyl (C=O) groups excluding carboxylic acids is 7. The van der Waals surface area contributed by atoms with Crippen LogP contribution in [0.1, 0.15) is 164 Å². The van der Waals surface area contributed by atoms with E-state index < -0.39 is 143 Å². The van der Waals surface area contributed by atoms with Crippen molar-refractivity contribution in [2.24, 2.45) is 94.7 Å². The number of phosphoric acid groups is 1. The number of phosphoric ester groups is 1. The molecule has 0 aromatic carbocycles. The average Bonchev–Trinajstić information content (AvgIpc) is 1.53. The van der Waals surface area contributed by atoms with Crippen molar-refractivity contribution in [3.05, 3.63) is 75.1 Å². The van der Waals surface area contributed by atoms with Crippen molar-refractivity contribution >= 4 is 66.3 Å². The summed E-state index contributed by atoms with van der Waals surface area (Å²) in [6.45, 7) is 24.1. The van der Waals surface area contributed by atoms with E-state index in [2.05, 4.69) is 10.3 Å². The number of hydrogen-bond acceptors (Lipinski definition) is 18. The number of aliphatic hydroxyl groups excluding tert-OH is 2. The molecule has 2 saturated heterocycles. The molecular weight excluding hydrogens is 1270 g/mol. The van der Waals surface area contributed by atoms with Crippen LogP contribution in [0.15, 0.2) is 66.8 Å². The maximum Gasteiger partial charge on any atom is 3.00 e. The first kappa shape index (κ1) is 75.3. The Kier molecular flexibility index (Phi) is 23.2. The Balaban J connectivity index is 0.00000453. The SMILES string of the molecule is CC1=C(C)Cc2c(ncn2[C@@H]2O[C@@H](CO)[C@H](OP(=O)(O)OC(C)CNC(=O)CC[C@@]3(C)C4=N[C@H]([C@@H]3CC(N)=O)[C@]3(C)[N-]/C(=C(/C)C5=N/C(=C\C6=NC(=C\4C)/[C@@H](CCC(N)=O)C6(C)C)[C@@H](CCC(N)=O)[C@]5(C)CC(N)=O)[C@@H](CCC(N)=O)[C@]3(C)CC(N)=O)[C@@H]2O)C1.[C-]#N.[Co+3]. The molecule has 8 bridgehead atoms. The maximum atomic E-state index is 14.4. The number of hydrogen-bond donors (Lipinski definition) is 10. The number of imidazole rings is 1. The van der Waals surface area contributed by atoms with Crippen molar-refractivity contribution in [3.63, 3.8) is 0 Å². The van der Waals surface area contributed by atoms with Gasteiger partial charge >= 0.3 is 24.6 Å². The van der Waals surface area contributed by atoms with E-state index in [1.54, 1.807) is 11.5 Å². The van der Waals surface area contributed by atoms with Gasteiger partial charge in [-0.1, -0.05) is 58.2 Å². The van der Waals surface area contributed by atoms with E-state index in [4.69, 9.17) is 80.3 Å². The Labute approximate surface area is 552 Å². The molecule has 1 aromatic rings. The number of allylic oxidation sites excluding steroid dienone is 8. The van der Waals surface area contributed by atoms with E-state index >= 15 is 0 Å². The molecule has 28 nitrogen and oxygen atoms in total. The number of nitrogens with zero attached hydrogens (tertiary/aromatic N) is 7. The standard InChI is InChI=1S/C62H92N13O14P.CN.Co/c1-29-20-39-40(21-30(29)2)75(28-70-39)57-52(84)53(41(27-76)87-57)89-90(85,86)88-31(3)26-69-49(83)18-19-59(8)37(22-46(66)80)56-62(11)61(10,25-48(68)82)36(14-17-45(65)79)51(74-62)33(5)55-60(9,24-47(67)81)34(12-15-43(63)77)38(71-55)23-42-58(6,7)35(13-16-44(64)78)50(72-42)32(4)54(59)73-56;1-2;/h23,28,31,34-37,41,52-53,56-57,76,84H,12-22,24-27H2,1-11H3,(H15,63,64,65,66,67,68,69,71,72,73,74,77,78,79,80,81,82,83,85,86);;/q;-1;+3/p-1/t31?,34-,35-,36-,37+,41+,52+,53+,56-,57-,59-,60+,61+,62+;;/m1../s1. The van der Waals surface area contributed by atoms with Crippen molar-refractivity contribution in [1.82, 2.24) is 14.9 Å². The van der Waals surface area contributed by atoms with Gasteiger partial charge in [0, 0.05) is 133 Å². The molecule has 2 fully saturated rings. The number of aromatic nitrogens is 2. The third-order valence-electron chi connectivity index (χ3n) is 20.9. The third-order valence-corrected chi connectivity index (χ3v) is 22.0. The summed E-state index contributed by atoms with van der Waals surface area (Å²) in [5.74, 6) is -7.32. The molecule has 0 saturated carbocycles. The van der Waals surface area contributed by atoms with Gasteiger partial charge in [-0.2, -0.15) is 5.70 Å². The summed E-state index contributed by atoms with van der Waals surface area (Å²) in [6.07, 6.45) is -3.10. The van der Waals surface area contributed by atoms with E-state index in [-0.39, 0.29) is 94.0 Å². The minimum absolute atomic E-state index is 0. The summed E-state index contributed by atoms with van der Waals surface area (Å²) in [6, 6.07) is -1.05. The van der Waals surface area contributed by atoms with Crippen LogP contribution in [0.2, 0.25) is 0 Å². The molecular formula is C63H91CoN14O14P+. The number of nitrogens with one attached hydrogen (secondary N) is 1. The van der Waals surface area contributed by atoms with Crippen molar-refractivity contribution in [2.75, 3.05) is 13.2 Å². The second kappa shape index (κ2) is 28.7. The van der Waals surface area contributed by atoms with Gasteiger partial charge in [0.25, 0.3) is 0 Å². The number of amides is 7. The van der Waals surface area contributed by atoms with Gasteiger partial charge in [-0.05, 0) is 94.8 Å². The van der Waals surface area contributed by atoms with Gasteiger partial charge in [0.05, 0.1) is 24.7 Å². The molecule has 7 amide bonds. The minimum Gasteiger partial charge on any atom is -0.680 e. The largest absolute Gasteiger partial charge is 3.00 e. The van der Waals surface area contributed by atoms with Gasteiger partial charge in [0.2, 0.25) is 41.4 Å².